The zero-order chi connectivity index (χ0) is 14.5. The molecular formula is C17H26N2S. The zero-order valence-corrected chi connectivity index (χ0v) is 13.7. The number of anilines is 1. The molecule has 0 amide bonds. The van der Waals surface area contributed by atoms with Gasteiger partial charge in [0.2, 0.25) is 0 Å². The number of likely N-dealkylation sites (tertiary alicyclic amines) is 1. The minimum Gasteiger partial charge on any atom is -0.348 e. The Balaban J connectivity index is 2.10. The molecule has 2 rings (SSSR count). The van der Waals surface area contributed by atoms with Crippen LogP contribution < -0.4 is 5.32 Å². The van der Waals surface area contributed by atoms with Crippen molar-refractivity contribution in [2.45, 2.75) is 52.5 Å². The number of benzene rings is 1. The van der Waals surface area contributed by atoms with E-state index >= 15 is 0 Å². The first kappa shape index (κ1) is 15.5. The number of para-hydroxylation sites is 1. The number of aryl methyl sites for hydroxylation is 2. The lowest BCUT2D eigenvalue weighted by Crippen LogP contribution is -2.46. The fourth-order valence-electron chi connectivity index (χ4n) is 3.06. The van der Waals surface area contributed by atoms with Gasteiger partial charge in [0.1, 0.15) is 0 Å². The molecule has 20 heavy (non-hydrogen) atoms. The average Bonchev–Trinajstić information content (AvgIpc) is 2.44. The molecule has 0 saturated carbocycles. The van der Waals surface area contributed by atoms with Crippen molar-refractivity contribution in [3.05, 3.63) is 29.3 Å². The fourth-order valence-corrected chi connectivity index (χ4v) is 3.43. The Bertz CT molecular complexity index is 448. The van der Waals surface area contributed by atoms with Crippen molar-refractivity contribution >= 4 is 22.9 Å². The Morgan fingerprint density at radius 3 is 2.65 bits per heavy atom. The van der Waals surface area contributed by atoms with Crippen molar-refractivity contribution in [3.8, 4) is 0 Å². The van der Waals surface area contributed by atoms with Gasteiger partial charge in [-0.1, -0.05) is 43.8 Å². The smallest absolute Gasteiger partial charge is 0.0972 e. The molecule has 1 aliphatic rings. The lowest BCUT2D eigenvalue weighted by atomic mass is 10.0. The average molecular weight is 290 g/mol. The SMILES string of the molecule is CCCN1CCCC[C@H]1C(=S)Nc1c(C)cccc1C. The maximum atomic E-state index is 5.71. The number of hydrogen-bond donors (Lipinski definition) is 1. The molecule has 1 N–H and O–H groups in total. The summed E-state index contributed by atoms with van der Waals surface area (Å²) >= 11 is 5.71. The highest BCUT2D eigenvalue weighted by molar-refractivity contribution is 7.80. The molecule has 1 atom stereocenters. The van der Waals surface area contributed by atoms with E-state index in [0.29, 0.717) is 6.04 Å². The molecular weight excluding hydrogens is 264 g/mol. The first-order chi connectivity index (χ1) is 9.63. The molecule has 2 nitrogen and oxygen atoms in total. The summed E-state index contributed by atoms with van der Waals surface area (Å²) in [5.41, 5.74) is 3.73. The van der Waals surface area contributed by atoms with Crippen LogP contribution in [0.4, 0.5) is 5.69 Å². The van der Waals surface area contributed by atoms with Gasteiger partial charge in [0.25, 0.3) is 0 Å². The summed E-state index contributed by atoms with van der Waals surface area (Å²) in [5.74, 6) is 0. The third-order valence-electron chi connectivity index (χ3n) is 4.16. The van der Waals surface area contributed by atoms with E-state index in [9.17, 15) is 0 Å². The number of nitrogens with one attached hydrogen (secondary N) is 1. The molecule has 0 radical (unpaired) electrons. The molecule has 1 saturated heterocycles. The van der Waals surface area contributed by atoms with Gasteiger partial charge in [-0.3, -0.25) is 4.90 Å². The van der Waals surface area contributed by atoms with Gasteiger partial charge in [-0.15, -0.1) is 0 Å². The molecule has 1 heterocycles. The Kier molecular flexibility index (Phi) is 5.55. The van der Waals surface area contributed by atoms with Crippen molar-refractivity contribution in [1.82, 2.24) is 4.90 Å². The molecule has 1 aromatic rings. The van der Waals surface area contributed by atoms with Crippen LogP contribution in [0.3, 0.4) is 0 Å². The molecule has 0 aromatic heterocycles. The topological polar surface area (TPSA) is 15.3 Å². The Hall–Kier alpha value is -0.930. The second-order valence-electron chi connectivity index (χ2n) is 5.80. The molecule has 0 bridgehead atoms. The van der Waals surface area contributed by atoms with Gasteiger partial charge in [-0.25, -0.2) is 0 Å². The van der Waals surface area contributed by atoms with E-state index in [1.807, 2.05) is 0 Å². The van der Waals surface area contributed by atoms with E-state index in [0.717, 1.165) is 11.5 Å². The van der Waals surface area contributed by atoms with Gasteiger partial charge in [0.15, 0.2) is 0 Å². The van der Waals surface area contributed by atoms with E-state index in [1.54, 1.807) is 0 Å². The quantitative estimate of drug-likeness (QED) is 0.832. The van der Waals surface area contributed by atoms with Crippen LogP contribution in [0.1, 0.15) is 43.7 Å². The molecule has 1 fully saturated rings. The van der Waals surface area contributed by atoms with Crippen LogP contribution in [0.25, 0.3) is 0 Å². The monoisotopic (exact) mass is 290 g/mol. The highest BCUT2D eigenvalue weighted by Crippen LogP contribution is 2.23. The van der Waals surface area contributed by atoms with Crippen molar-refractivity contribution < 1.29 is 0 Å². The van der Waals surface area contributed by atoms with Gasteiger partial charge in [0.05, 0.1) is 11.0 Å². The van der Waals surface area contributed by atoms with Gasteiger partial charge in [-0.2, -0.15) is 0 Å². The van der Waals surface area contributed by atoms with Crippen LogP contribution in [-0.2, 0) is 0 Å². The van der Waals surface area contributed by atoms with E-state index < -0.39 is 0 Å². The normalized spacial score (nSPS) is 19.9. The predicted molar refractivity (Wildman–Crippen MR) is 91.6 cm³/mol. The van der Waals surface area contributed by atoms with Gasteiger partial charge < -0.3 is 5.32 Å². The first-order valence-electron chi connectivity index (χ1n) is 7.74. The van der Waals surface area contributed by atoms with E-state index in [2.05, 4.69) is 49.2 Å². The van der Waals surface area contributed by atoms with Gasteiger partial charge in [0, 0.05) is 5.69 Å². The van der Waals surface area contributed by atoms with Crippen LogP contribution in [0.2, 0.25) is 0 Å². The van der Waals surface area contributed by atoms with Crippen LogP contribution in [0, 0.1) is 13.8 Å². The van der Waals surface area contributed by atoms with E-state index in [4.69, 9.17) is 12.2 Å². The maximum absolute atomic E-state index is 5.71. The summed E-state index contributed by atoms with van der Waals surface area (Å²) in [6.07, 6.45) is 4.99. The van der Waals surface area contributed by atoms with Gasteiger partial charge >= 0.3 is 0 Å². The first-order valence-corrected chi connectivity index (χ1v) is 8.15. The highest BCUT2D eigenvalue weighted by atomic mass is 32.1. The molecule has 3 heteroatoms. The summed E-state index contributed by atoms with van der Waals surface area (Å²) < 4.78 is 0. The van der Waals surface area contributed by atoms with Crippen LogP contribution in [-0.4, -0.2) is 29.0 Å². The Labute approximate surface area is 128 Å². The minimum atomic E-state index is 0.415. The lowest BCUT2D eigenvalue weighted by molar-refractivity contribution is 0.194. The van der Waals surface area contributed by atoms with Gasteiger partial charge in [-0.05, 0) is 57.3 Å². The minimum absolute atomic E-state index is 0.415. The number of hydrogen-bond acceptors (Lipinski definition) is 2. The molecule has 1 aliphatic heterocycles. The largest absolute Gasteiger partial charge is 0.348 e. The Morgan fingerprint density at radius 1 is 1.30 bits per heavy atom. The van der Waals surface area contributed by atoms with E-state index in [-0.39, 0.29) is 0 Å². The van der Waals surface area contributed by atoms with Crippen LogP contribution >= 0.6 is 12.2 Å². The molecule has 110 valence electrons. The number of nitrogens with zero attached hydrogens (tertiary/aromatic N) is 1. The fraction of sp³-hybridized carbons (Fsp3) is 0.588. The second-order valence-corrected chi connectivity index (χ2v) is 6.24. The molecule has 0 unspecified atom stereocenters. The van der Waals surface area contributed by atoms with Crippen molar-refractivity contribution in [2.24, 2.45) is 0 Å². The summed E-state index contributed by atoms with van der Waals surface area (Å²) in [5, 5.41) is 3.53. The third-order valence-corrected chi connectivity index (χ3v) is 4.53. The van der Waals surface area contributed by atoms with E-state index in [1.165, 1.54) is 49.0 Å². The maximum Gasteiger partial charge on any atom is 0.0972 e. The number of rotatable bonds is 4. The van der Waals surface area contributed by atoms with Crippen molar-refractivity contribution in [1.29, 1.82) is 0 Å². The molecule has 0 spiro atoms. The summed E-state index contributed by atoms with van der Waals surface area (Å²) in [4.78, 5) is 3.54. The number of piperidine rings is 1. The van der Waals surface area contributed by atoms with Crippen molar-refractivity contribution in [2.75, 3.05) is 18.4 Å². The summed E-state index contributed by atoms with van der Waals surface area (Å²) in [6, 6.07) is 6.80. The number of thiocarbonyl (C=S) groups is 1. The summed E-state index contributed by atoms with van der Waals surface area (Å²) in [6.45, 7) is 8.87. The summed E-state index contributed by atoms with van der Waals surface area (Å²) in [7, 11) is 0. The van der Waals surface area contributed by atoms with Crippen LogP contribution in [0.5, 0.6) is 0 Å². The van der Waals surface area contributed by atoms with Crippen LogP contribution in [0.15, 0.2) is 18.2 Å². The molecule has 0 aliphatic carbocycles. The van der Waals surface area contributed by atoms with Crippen molar-refractivity contribution in [3.63, 3.8) is 0 Å². The second kappa shape index (κ2) is 7.19. The third kappa shape index (κ3) is 3.58. The highest BCUT2D eigenvalue weighted by Gasteiger charge is 2.25. The zero-order valence-electron chi connectivity index (χ0n) is 12.9. The standard InChI is InChI=1S/C17H26N2S/c1-4-11-19-12-6-5-10-15(19)17(20)18-16-13(2)8-7-9-14(16)3/h7-9,15H,4-6,10-12H2,1-3H3,(H,18,20)/t15-/m0/s1. The predicted octanol–water partition coefficient (Wildman–Crippen LogP) is 4.31. The molecule has 1 aromatic carbocycles. The lowest BCUT2D eigenvalue weighted by Gasteiger charge is -2.36. The Morgan fingerprint density at radius 2 is 2.00 bits per heavy atom.